The maximum Gasteiger partial charge on any atom is 0.306 e. The van der Waals surface area contributed by atoms with Crippen molar-refractivity contribution in [1.29, 1.82) is 0 Å². The Balaban J connectivity index is 2.74. The maximum absolute atomic E-state index is 13.4. The Morgan fingerprint density at radius 1 is 0.533 bits per heavy atom. The molecule has 0 bridgehead atoms. The number of hydrogen-bond acceptors (Lipinski definition) is 10. The Kier molecular flexibility index (Phi) is 48.0. The largest absolute Gasteiger partial charge is 0.454 e. The van der Waals surface area contributed by atoms with E-state index >= 15 is 0 Å². The molecule has 432 valence electrons. The lowest BCUT2D eigenvalue weighted by molar-refractivity contribution is -0.305. The highest BCUT2D eigenvalue weighted by Crippen LogP contribution is 2.26. The molecule has 11 nitrogen and oxygen atoms in total. The van der Waals surface area contributed by atoms with Crippen LogP contribution in [0, 0.1) is 0 Å². The van der Waals surface area contributed by atoms with Gasteiger partial charge < -0.3 is 45.1 Å². The Labute approximate surface area is 457 Å². The van der Waals surface area contributed by atoms with Crippen molar-refractivity contribution in [3.05, 3.63) is 85.1 Å². The van der Waals surface area contributed by atoms with Crippen LogP contribution in [0.5, 0.6) is 0 Å². The van der Waals surface area contributed by atoms with Crippen LogP contribution >= 0.6 is 0 Å². The third-order valence-corrected chi connectivity index (χ3v) is 13.8. The summed E-state index contributed by atoms with van der Waals surface area (Å²) in [4.78, 5) is 26.5. The summed E-state index contributed by atoms with van der Waals surface area (Å²) in [7, 11) is 0. The summed E-state index contributed by atoms with van der Waals surface area (Å²) >= 11 is 0. The van der Waals surface area contributed by atoms with Gasteiger partial charge in [0.25, 0.3) is 0 Å². The summed E-state index contributed by atoms with van der Waals surface area (Å²) < 4.78 is 17.6. The molecule has 11 heteroatoms. The zero-order valence-electron chi connectivity index (χ0n) is 47.6. The molecule has 0 radical (unpaired) electrons. The quantitative estimate of drug-likeness (QED) is 0.0149. The first-order chi connectivity index (χ1) is 36.7. The normalized spacial score (nSPS) is 19.8. The van der Waals surface area contributed by atoms with Gasteiger partial charge in [-0.05, 0) is 96.3 Å². The highest BCUT2D eigenvalue weighted by atomic mass is 16.7. The number of nitrogens with one attached hydrogen (secondary N) is 1. The summed E-state index contributed by atoms with van der Waals surface area (Å²) in [6.45, 7) is 5.70. The number of aliphatic hydroxyl groups excluding tert-OH is 5. The monoisotopic (exact) mass is 1050 g/mol. The van der Waals surface area contributed by atoms with Crippen LogP contribution in [-0.4, -0.2) is 99.6 Å². The van der Waals surface area contributed by atoms with E-state index < -0.39 is 67.4 Å². The number of carbonyl (C=O) groups is 2. The van der Waals surface area contributed by atoms with Crippen molar-refractivity contribution in [2.45, 2.75) is 294 Å². The molecule has 0 saturated carbocycles. The molecule has 1 aliphatic heterocycles. The zero-order valence-corrected chi connectivity index (χ0v) is 47.6. The van der Waals surface area contributed by atoms with Crippen molar-refractivity contribution in [2.75, 3.05) is 13.2 Å². The average molecular weight is 1050 g/mol. The average Bonchev–Trinajstić information content (AvgIpc) is 3.41. The molecule has 6 N–H and O–H groups in total. The van der Waals surface area contributed by atoms with E-state index in [4.69, 9.17) is 14.2 Å². The lowest BCUT2D eigenvalue weighted by atomic mass is 9.99. The number of amides is 1. The van der Waals surface area contributed by atoms with Crippen LogP contribution in [0.25, 0.3) is 0 Å². The molecule has 1 heterocycles. The van der Waals surface area contributed by atoms with Crippen molar-refractivity contribution in [3.63, 3.8) is 0 Å². The van der Waals surface area contributed by atoms with E-state index in [0.29, 0.717) is 12.8 Å². The van der Waals surface area contributed by atoms with E-state index in [9.17, 15) is 35.1 Å². The van der Waals surface area contributed by atoms with Crippen molar-refractivity contribution in [2.24, 2.45) is 0 Å². The molecule has 1 amide bonds. The van der Waals surface area contributed by atoms with E-state index in [2.05, 4.69) is 99.0 Å². The van der Waals surface area contributed by atoms with Crippen molar-refractivity contribution < 1.29 is 49.3 Å². The summed E-state index contributed by atoms with van der Waals surface area (Å²) in [5, 5.41) is 56.9. The molecule has 0 aromatic heterocycles. The first-order valence-electron chi connectivity index (χ1n) is 30.4. The Bertz CT molecular complexity index is 1540. The minimum absolute atomic E-state index is 0.0811. The topological polar surface area (TPSA) is 175 Å². The van der Waals surface area contributed by atoms with Gasteiger partial charge in [-0.2, -0.15) is 0 Å². The number of carbonyl (C=O) groups excluding carboxylic acids is 2. The van der Waals surface area contributed by atoms with E-state index in [1.807, 2.05) is 6.08 Å². The van der Waals surface area contributed by atoms with Crippen molar-refractivity contribution in [3.8, 4) is 0 Å². The second-order valence-corrected chi connectivity index (χ2v) is 20.8. The van der Waals surface area contributed by atoms with Gasteiger partial charge in [-0.1, -0.05) is 228 Å². The number of unbranched alkanes of at least 4 members (excludes halogenated alkanes) is 25. The van der Waals surface area contributed by atoms with Gasteiger partial charge in [-0.3, -0.25) is 9.59 Å². The van der Waals surface area contributed by atoms with Crippen LogP contribution in [0.3, 0.4) is 0 Å². The van der Waals surface area contributed by atoms with Crippen LogP contribution in [0.1, 0.15) is 245 Å². The van der Waals surface area contributed by atoms with Crippen LogP contribution in [-0.2, 0) is 23.8 Å². The number of ether oxygens (including phenoxy) is 3. The smallest absolute Gasteiger partial charge is 0.306 e. The molecule has 0 aliphatic carbocycles. The number of hydrogen-bond donors (Lipinski definition) is 6. The number of aliphatic hydroxyl groups is 5. The Hall–Kier alpha value is -3.16. The Morgan fingerprint density at radius 2 is 0.960 bits per heavy atom. The molecule has 0 spiro atoms. The second-order valence-electron chi connectivity index (χ2n) is 20.8. The molecule has 8 atom stereocenters. The van der Waals surface area contributed by atoms with Crippen LogP contribution in [0.2, 0.25) is 0 Å². The molecule has 1 rings (SSSR count). The van der Waals surface area contributed by atoms with E-state index in [1.165, 1.54) is 103 Å². The van der Waals surface area contributed by atoms with Gasteiger partial charge in [0, 0.05) is 6.42 Å². The van der Waals surface area contributed by atoms with E-state index in [-0.39, 0.29) is 19.4 Å². The molecule has 0 aromatic rings. The van der Waals surface area contributed by atoms with Crippen LogP contribution in [0.4, 0.5) is 0 Å². The fraction of sp³-hybridized carbons (Fsp3) is 0.750. The molecular formula is C64H111NO10. The third kappa shape index (κ3) is 39.8. The number of allylic oxidation sites excluding steroid dienone is 13. The standard InChI is InChI=1S/C64H111NO10/c1-4-7-10-13-16-19-22-25-27-28-29-30-31-34-37-40-43-46-49-52-59(69)75-62-61(71)60(70)58(53-66)74-64(62)73-54-55(56(67)50-47-44-41-38-35-32-24-21-18-15-12-9-6-3)65-63(72)57(68)51-48-45-42-39-36-33-26-23-20-17-14-11-8-5-2/h16-17,19-20,23,25-27,29-30,34,37,47,50,55-58,60-62,64,66-68,70-71H,4-15,18,21-22,24,28,31-33,35-36,38-46,48-49,51-54H2,1-3H3,(H,65,72)/b19-16-,20-17+,26-23+,27-25-,30-29-,37-34-,50-47+. The summed E-state index contributed by atoms with van der Waals surface area (Å²) in [5.41, 5.74) is 0. The minimum atomic E-state index is -1.63. The lowest BCUT2D eigenvalue weighted by Crippen LogP contribution is -2.61. The molecule has 1 fully saturated rings. The second kappa shape index (κ2) is 51.6. The molecule has 0 aromatic carbocycles. The minimum Gasteiger partial charge on any atom is -0.454 e. The lowest BCUT2D eigenvalue weighted by Gasteiger charge is -2.41. The number of rotatable bonds is 50. The number of esters is 1. The van der Waals surface area contributed by atoms with Gasteiger partial charge in [0.2, 0.25) is 5.91 Å². The van der Waals surface area contributed by atoms with Crippen molar-refractivity contribution in [1.82, 2.24) is 5.32 Å². The van der Waals surface area contributed by atoms with E-state index in [1.54, 1.807) is 6.08 Å². The fourth-order valence-electron chi connectivity index (χ4n) is 8.92. The summed E-state index contributed by atoms with van der Waals surface area (Å²) in [6.07, 6.45) is 56.1. The fourth-order valence-corrected chi connectivity index (χ4v) is 8.92. The zero-order chi connectivity index (χ0) is 54.7. The molecule has 1 aliphatic rings. The Morgan fingerprint density at radius 3 is 1.48 bits per heavy atom. The molecular weight excluding hydrogens is 943 g/mol. The van der Waals surface area contributed by atoms with E-state index in [0.717, 1.165) is 96.3 Å². The molecule has 1 saturated heterocycles. The summed E-state index contributed by atoms with van der Waals surface area (Å²) in [5.74, 6) is -1.24. The van der Waals surface area contributed by atoms with Crippen LogP contribution < -0.4 is 5.32 Å². The van der Waals surface area contributed by atoms with Gasteiger partial charge in [0.15, 0.2) is 12.4 Å². The van der Waals surface area contributed by atoms with Crippen molar-refractivity contribution >= 4 is 11.9 Å². The maximum atomic E-state index is 13.4. The molecule has 8 unspecified atom stereocenters. The first-order valence-corrected chi connectivity index (χ1v) is 30.4. The predicted molar refractivity (Wildman–Crippen MR) is 310 cm³/mol. The van der Waals surface area contributed by atoms with Gasteiger partial charge in [0.1, 0.15) is 24.4 Å². The first kappa shape index (κ1) is 69.9. The highest BCUT2D eigenvalue weighted by Gasteiger charge is 2.47. The highest BCUT2D eigenvalue weighted by molar-refractivity contribution is 5.80. The van der Waals surface area contributed by atoms with Crippen LogP contribution in [0.15, 0.2) is 85.1 Å². The predicted octanol–water partition coefficient (Wildman–Crippen LogP) is 14.2. The van der Waals surface area contributed by atoms with Gasteiger partial charge in [0.05, 0.1) is 25.4 Å². The van der Waals surface area contributed by atoms with Gasteiger partial charge >= 0.3 is 5.97 Å². The third-order valence-electron chi connectivity index (χ3n) is 13.8. The van der Waals surface area contributed by atoms with Gasteiger partial charge in [-0.15, -0.1) is 0 Å². The van der Waals surface area contributed by atoms with Gasteiger partial charge in [-0.25, -0.2) is 0 Å². The molecule has 75 heavy (non-hydrogen) atoms. The summed E-state index contributed by atoms with van der Waals surface area (Å²) in [6, 6.07) is -1.04. The SMILES string of the molecule is CCCCC/C=C\C/C=C\C/C=C\C/C=C\CCCCCC(=O)OC1C(OCC(NC(=O)C(O)CCCCCCC/C=C/C=C/CCCCC)C(O)/C=C/CCCCCCCCCCCCC)OC(CO)C(O)C1O.